The summed E-state index contributed by atoms with van der Waals surface area (Å²) in [6, 6.07) is 0. The van der Waals surface area contributed by atoms with E-state index in [4.69, 9.17) is 14.2 Å². The fourth-order valence-corrected chi connectivity index (χ4v) is 2.50. The van der Waals surface area contributed by atoms with E-state index in [1.807, 2.05) is 0 Å². The van der Waals surface area contributed by atoms with Crippen molar-refractivity contribution in [3.63, 3.8) is 0 Å². The summed E-state index contributed by atoms with van der Waals surface area (Å²) in [6.45, 7) is 1.47. The number of aromatic amines is 1. The minimum Gasteiger partial charge on any atom is -0.352 e. The topological polar surface area (TPSA) is 120 Å². The van der Waals surface area contributed by atoms with Crippen LogP contribution in [-0.4, -0.2) is 34.3 Å². The Morgan fingerprint density at radius 1 is 1.52 bits per heavy atom. The van der Waals surface area contributed by atoms with Gasteiger partial charge in [0.25, 0.3) is 5.56 Å². The number of H-pyrrole nitrogens is 1. The lowest BCUT2D eigenvalue weighted by atomic mass is 10.2. The van der Waals surface area contributed by atoms with Crippen molar-refractivity contribution in [2.45, 2.75) is 32.1 Å². The van der Waals surface area contributed by atoms with Crippen LogP contribution in [0.3, 0.4) is 0 Å². The number of nitrogens with zero attached hydrogens (tertiary/aromatic N) is 1. The Balaban J connectivity index is 2.03. The predicted molar refractivity (Wildman–Crippen MR) is 72.0 cm³/mol. The van der Waals surface area contributed by atoms with Crippen molar-refractivity contribution < 1.29 is 23.2 Å². The van der Waals surface area contributed by atoms with Gasteiger partial charge in [0.2, 0.25) is 0 Å². The van der Waals surface area contributed by atoms with Crippen LogP contribution in [0.25, 0.3) is 0 Å². The molecular formula is C11H17N2O7P. The zero-order valence-corrected chi connectivity index (χ0v) is 12.5. The van der Waals surface area contributed by atoms with Gasteiger partial charge < -0.3 is 9.63 Å². The zero-order valence-electron chi connectivity index (χ0n) is 11.6. The molecule has 118 valence electrons. The summed E-state index contributed by atoms with van der Waals surface area (Å²) in [7, 11) is -2.97. The molecule has 2 rings (SSSR count). The standard InChI is InChI=1S/C11H17N2O7P/c1-7-5-13(11(15)12-10(7)14)9-4-3-8(20-9)6-19-21(16,17)18-2/h5,8-9H,3-4,6H2,1-2H3,(H,16,17)(H,12,14,15). The first-order valence-corrected chi connectivity index (χ1v) is 7.82. The minimum atomic E-state index is -4.04. The molecule has 1 aliphatic rings. The predicted octanol–water partition coefficient (Wildman–Crippen LogP) is 0.286. The lowest BCUT2D eigenvalue weighted by Gasteiger charge is -2.17. The second-order valence-electron chi connectivity index (χ2n) is 4.72. The summed E-state index contributed by atoms with van der Waals surface area (Å²) in [4.78, 5) is 34.4. The fourth-order valence-electron chi connectivity index (χ4n) is 2.04. The highest BCUT2D eigenvalue weighted by atomic mass is 31.2. The third-order valence-electron chi connectivity index (χ3n) is 3.20. The van der Waals surface area contributed by atoms with Gasteiger partial charge in [0.05, 0.1) is 12.7 Å². The van der Waals surface area contributed by atoms with Gasteiger partial charge in [0.15, 0.2) is 0 Å². The van der Waals surface area contributed by atoms with Gasteiger partial charge in [-0.25, -0.2) is 9.36 Å². The summed E-state index contributed by atoms with van der Waals surface area (Å²) >= 11 is 0. The van der Waals surface area contributed by atoms with Crippen LogP contribution in [0.1, 0.15) is 24.6 Å². The first-order chi connectivity index (χ1) is 9.82. The average Bonchev–Trinajstić information content (AvgIpc) is 2.89. The minimum absolute atomic E-state index is 0.116. The van der Waals surface area contributed by atoms with E-state index >= 15 is 0 Å². The maximum Gasteiger partial charge on any atom is 0.472 e. The molecule has 0 spiro atoms. The lowest BCUT2D eigenvalue weighted by Crippen LogP contribution is -2.33. The smallest absolute Gasteiger partial charge is 0.352 e. The third-order valence-corrected chi connectivity index (χ3v) is 4.13. The molecule has 3 unspecified atom stereocenters. The highest BCUT2D eigenvalue weighted by Gasteiger charge is 2.30. The van der Waals surface area contributed by atoms with Crippen molar-refractivity contribution in [1.82, 2.24) is 9.55 Å². The third kappa shape index (κ3) is 3.90. The molecular weight excluding hydrogens is 303 g/mol. The number of phosphoric acid groups is 1. The Morgan fingerprint density at radius 2 is 2.24 bits per heavy atom. The van der Waals surface area contributed by atoms with Gasteiger partial charge in [0, 0.05) is 18.9 Å². The van der Waals surface area contributed by atoms with Crippen LogP contribution in [0.5, 0.6) is 0 Å². The number of hydrogen-bond donors (Lipinski definition) is 2. The molecule has 2 heterocycles. The quantitative estimate of drug-likeness (QED) is 0.748. The molecule has 3 atom stereocenters. The van der Waals surface area contributed by atoms with E-state index in [0.717, 1.165) is 7.11 Å². The first kappa shape index (κ1) is 16.1. The Kier molecular flexibility index (Phi) is 4.80. The first-order valence-electron chi connectivity index (χ1n) is 6.33. The van der Waals surface area contributed by atoms with Crippen molar-refractivity contribution in [2.24, 2.45) is 0 Å². The van der Waals surface area contributed by atoms with Gasteiger partial charge >= 0.3 is 13.5 Å². The van der Waals surface area contributed by atoms with Crippen molar-refractivity contribution in [3.05, 3.63) is 32.6 Å². The summed E-state index contributed by atoms with van der Waals surface area (Å²) < 4.78 is 27.1. The number of rotatable bonds is 5. The molecule has 10 heteroatoms. The Morgan fingerprint density at radius 3 is 2.90 bits per heavy atom. The number of nitrogens with one attached hydrogen (secondary N) is 1. The second-order valence-corrected chi connectivity index (χ2v) is 6.28. The van der Waals surface area contributed by atoms with Gasteiger partial charge in [-0.3, -0.25) is 23.4 Å². The normalized spacial score (nSPS) is 24.9. The Labute approximate surface area is 120 Å². The van der Waals surface area contributed by atoms with E-state index in [1.54, 1.807) is 6.92 Å². The van der Waals surface area contributed by atoms with Crippen molar-refractivity contribution >= 4 is 7.82 Å². The van der Waals surface area contributed by atoms with Crippen molar-refractivity contribution in [1.29, 1.82) is 0 Å². The molecule has 1 fully saturated rings. The molecule has 0 aliphatic carbocycles. The molecule has 0 bridgehead atoms. The van der Waals surface area contributed by atoms with E-state index in [0.29, 0.717) is 18.4 Å². The van der Waals surface area contributed by atoms with Crippen LogP contribution in [0.15, 0.2) is 15.8 Å². The fraction of sp³-hybridized carbons (Fsp3) is 0.636. The lowest BCUT2D eigenvalue weighted by molar-refractivity contribution is -0.0252. The Hall–Kier alpha value is -1.25. The molecule has 0 aromatic carbocycles. The summed E-state index contributed by atoms with van der Waals surface area (Å²) in [5.41, 5.74) is -0.588. The summed E-state index contributed by atoms with van der Waals surface area (Å²) in [6.07, 6.45) is 1.55. The highest BCUT2D eigenvalue weighted by Crippen LogP contribution is 2.43. The molecule has 1 aromatic rings. The Bertz CT molecular complexity index is 667. The SMILES string of the molecule is COP(=O)(O)OCC1CCC(n2cc(C)c(=O)[nH]c2=O)O1. The summed E-state index contributed by atoms with van der Waals surface area (Å²) in [5.74, 6) is 0. The van der Waals surface area contributed by atoms with Crippen LogP contribution >= 0.6 is 7.82 Å². The largest absolute Gasteiger partial charge is 0.472 e. The number of aromatic nitrogens is 2. The van der Waals surface area contributed by atoms with Gasteiger partial charge in [0.1, 0.15) is 6.23 Å². The monoisotopic (exact) mass is 320 g/mol. The molecule has 0 radical (unpaired) electrons. The molecule has 1 saturated heterocycles. The molecule has 0 amide bonds. The average molecular weight is 320 g/mol. The molecule has 1 aromatic heterocycles. The summed E-state index contributed by atoms with van der Waals surface area (Å²) in [5, 5.41) is 0. The zero-order chi connectivity index (χ0) is 15.6. The molecule has 0 saturated carbocycles. The van der Waals surface area contributed by atoms with Crippen molar-refractivity contribution in [2.75, 3.05) is 13.7 Å². The van der Waals surface area contributed by atoms with E-state index in [2.05, 4.69) is 9.51 Å². The number of hydrogen-bond acceptors (Lipinski definition) is 6. The maximum atomic E-state index is 11.7. The number of phosphoric ester groups is 1. The molecule has 2 N–H and O–H groups in total. The number of aryl methyl sites for hydroxylation is 1. The molecule has 9 nitrogen and oxygen atoms in total. The highest BCUT2D eigenvalue weighted by molar-refractivity contribution is 7.47. The van der Waals surface area contributed by atoms with Crippen molar-refractivity contribution in [3.8, 4) is 0 Å². The van der Waals surface area contributed by atoms with Gasteiger partial charge in [-0.05, 0) is 19.8 Å². The maximum absolute atomic E-state index is 11.7. The van der Waals surface area contributed by atoms with E-state index in [9.17, 15) is 14.2 Å². The van der Waals surface area contributed by atoms with Crippen LogP contribution < -0.4 is 11.2 Å². The van der Waals surface area contributed by atoms with Crippen LogP contribution in [0, 0.1) is 6.92 Å². The number of ether oxygens (including phenoxy) is 1. The van der Waals surface area contributed by atoms with Crippen LogP contribution in [0.2, 0.25) is 0 Å². The van der Waals surface area contributed by atoms with Gasteiger partial charge in [-0.1, -0.05) is 0 Å². The van der Waals surface area contributed by atoms with Gasteiger partial charge in [-0.15, -0.1) is 0 Å². The second kappa shape index (κ2) is 6.25. The van der Waals surface area contributed by atoms with E-state index in [1.165, 1.54) is 10.8 Å². The molecule has 1 aliphatic heterocycles. The van der Waals surface area contributed by atoms with Gasteiger partial charge in [-0.2, -0.15) is 0 Å². The van der Waals surface area contributed by atoms with E-state index < -0.39 is 31.4 Å². The molecule has 21 heavy (non-hydrogen) atoms. The van der Waals surface area contributed by atoms with Crippen LogP contribution in [0.4, 0.5) is 0 Å². The van der Waals surface area contributed by atoms with E-state index in [-0.39, 0.29) is 6.61 Å². The van der Waals surface area contributed by atoms with Crippen LogP contribution in [-0.2, 0) is 18.3 Å².